The van der Waals surface area contributed by atoms with Gasteiger partial charge in [0.05, 0.1) is 6.61 Å². The number of hydrogen-bond acceptors (Lipinski definition) is 4. The number of carbonyl (C=O) groups excluding carboxylic acids is 1. The first-order valence-corrected chi connectivity index (χ1v) is 9.24. The van der Waals surface area contributed by atoms with E-state index < -0.39 is 0 Å². The molecule has 1 aromatic carbocycles. The van der Waals surface area contributed by atoms with Gasteiger partial charge in [-0.3, -0.25) is 4.79 Å². The van der Waals surface area contributed by atoms with E-state index in [0.717, 1.165) is 24.0 Å². The number of rotatable bonds is 6. The van der Waals surface area contributed by atoms with Crippen molar-refractivity contribution < 1.29 is 14.1 Å². The number of fused-ring (bicyclic) bond motifs is 3. The minimum absolute atomic E-state index is 0.0388. The van der Waals surface area contributed by atoms with E-state index in [9.17, 15) is 4.79 Å². The van der Waals surface area contributed by atoms with Crippen LogP contribution in [0.1, 0.15) is 43.2 Å². The maximum absolute atomic E-state index is 12.3. The molecular formula is C20H23N3O3. The summed E-state index contributed by atoms with van der Waals surface area (Å²) in [5.74, 6) is 1.08. The van der Waals surface area contributed by atoms with Crippen LogP contribution < -0.4 is 10.1 Å². The zero-order valence-corrected chi connectivity index (χ0v) is 14.9. The SMILES string of the molecule is CCOc1cc(CCC(=O)Nc2ccc3[nH]c4c(c3c2)CCCC4)on1. The van der Waals surface area contributed by atoms with E-state index >= 15 is 0 Å². The Hall–Kier alpha value is -2.76. The summed E-state index contributed by atoms with van der Waals surface area (Å²) >= 11 is 0. The third kappa shape index (κ3) is 3.45. The van der Waals surface area contributed by atoms with Gasteiger partial charge in [0, 0.05) is 41.2 Å². The first-order valence-electron chi connectivity index (χ1n) is 9.24. The van der Waals surface area contributed by atoms with E-state index in [1.807, 2.05) is 19.1 Å². The molecule has 0 fully saturated rings. The number of aromatic amines is 1. The van der Waals surface area contributed by atoms with E-state index in [4.69, 9.17) is 9.26 Å². The molecule has 3 aromatic rings. The highest BCUT2D eigenvalue weighted by Crippen LogP contribution is 2.30. The Kier molecular flexibility index (Phi) is 4.65. The lowest BCUT2D eigenvalue weighted by atomic mass is 9.95. The quantitative estimate of drug-likeness (QED) is 0.702. The van der Waals surface area contributed by atoms with Crippen molar-refractivity contribution in [2.75, 3.05) is 11.9 Å². The molecule has 1 aliphatic carbocycles. The van der Waals surface area contributed by atoms with Gasteiger partial charge >= 0.3 is 0 Å². The molecule has 2 aromatic heterocycles. The van der Waals surface area contributed by atoms with Gasteiger partial charge in [-0.25, -0.2) is 0 Å². The maximum atomic E-state index is 12.3. The Morgan fingerprint density at radius 3 is 3.08 bits per heavy atom. The highest BCUT2D eigenvalue weighted by atomic mass is 16.5. The number of ether oxygens (including phenoxy) is 1. The topological polar surface area (TPSA) is 80.1 Å². The molecule has 0 radical (unpaired) electrons. The van der Waals surface area contributed by atoms with Crippen LogP contribution in [0.25, 0.3) is 10.9 Å². The average Bonchev–Trinajstić information content (AvgIpc) is 3.24. The Bertz CT molecular complexity index is 926. The first-order chi connectivity index (χ1) is 12.7. The van der Waals surface area contributed by atoms with Gasteiger partial charge in [-0.1, -0.05) is 0 Å². The van der Waals surface area contributed by atoms with Crippen molar-refractivity contribution in [3.05, 3.63) is 41.3 Å². The summed E-state index contributed by atoms with van der Waals surface area (Å²) in [6.45, 7) is 2.43. The Morgan fingerprint density at radius 2 is 2.19 bits per heavy atom. The summed E-state index contributed by atoms with van der Waals surface area (Å²) < 4.78 is 10.4. The van der Waals surface area contributed by atoms with E-state index in [2.05, 4.69) is 21.5 Å². The molecule has 1 amide bonds. The molecule has 0 atom stereocenters. The highest BCUT2D eigenvalue weighted by molar-refractivity contribution is 5.95. The Morgan fingerprint density at radius 1 is 1.31 bits per heavy atom. The molecule has 0 spiro atoms. The van der Waals surface area contributed by atoms with Crippen molar-refractivity contribution in [2.45, 2.75) is 45.4 Å². The molecule has 2 N–H and O–H groups in total. The van der Waals surface area contributed by atoms with Crippen molar-refractivity contribution in [2.24, 2.45) is 0 Å². The predicted octanol–water partition coefficient (Wildman–Crippen LogP) is 4.00. The second kappa shape index (κ2) is 7.23. The van der Waals surface area contributed by atoms with Crippen molar-refractivity contribution in [3.63, 3.8) is 0 Å². The van der Waals surface area contributed by atoms with Crippen LogP contribution in [0.2, 0.25) is 0 Å². The van der Waals surface area contributed by atoms with Gasteiger partial charge in [0.25, 0.3) is 5.88 Å². The summed E-state index contributed by atoms with van der Waals surface area (Å²) in [7, 11) is 0. The minimum atomic E-state index is -0.0388. The fourth-order valence-corrected chi connectivity index (χ4v) is 3.57. The molecule has 26 heavy (non-hydrogen) atoms. The lowest BCUT2D eigenvalue weighted by molar-refractivity contribution is -0.116. The van der Waals surface area contributed by atoms with Crippen LogP contribution in [0.4, 0.5) is 5.69 Å². The minimum Gasteiger partial charge on any atom is -0.476 e. The molecule has 0 saturated heterocycles. The standard InChI is InChI=1S/C20H23N3O3/c1-2-25-20-12-14(26-23-20)8-10-19(24)21-13-7-9-18-16(11-13)15-5-3-4-6-17(15)22-18/h7,9,11-12,22H,2-6,8,10H2,1H3,(H,21,24). The molecule has 4 rings (SSSR count). The lowest BCUT2D eigenvalue weighted by Crippen LogP contribution is -2.12. The monoisotopic (exact) mass is 353 g/mol. The van der Waals surface area contributed by atoms with Crippen LogP contribution in [-0.4, -0.2) is 22.7 Å². The zero-order valence-electron chi connectivity index (χ0n) is 14.9. The van der Waals surface area contributed by atoms with Crippen LogP contribution in [0.5, 0.6) is 5.88 Å². The molecular weight excluding hydrogens is 330 g/mol. The van der Waals surface area contributed by atoms with Crippen LogP contribution in [0.15, 0.2) is 28.8 Å². The van der Waals surface area contributed by atoms with Gasteiger partial charge in [0.15, 0.2) is 0 Å². The fraction of sp³-hybridized carbons (Fsp3) is 0.400. The van der Waals surface area contributed by atoms with E-state index in [1.165, 1.54) is 29.5 Å². The maximum Gasteiger partial charge on any atom is 0.254 e. The highest BCUT2D eigenvalue weighted by Gasteiger charge is 2.16. The zero-order chi connectivity index (χ0) is 17.9. The van der Waals surface area contributed by atoms with Gasteiger partial charge < -0.3 is 19.6 Å². The average molecular weight is 353 g/mol. The third-order valence-electron chi connectivity index (χ3n) is 4.81. The molecule has 6 nitrogen and oxygen atoms in total. The number of amides is 1. The van der Waals surface area contributed by atoms with Gasteiger partial charge in [0.2, 0.25) is 5.91 Å². The number of aromatic nitrogens is 2. The predicted molar refractivity (Wildman–Crippen MR) is 99.6 cm³/mol. The number of anilines is 1. The number of benzene rings is 1. The lowest BCUT2D eigenvalue weighted by Gasteiger charge is -2.10. The third-order valence-corrected chi connectivity index (χ3v) is 4.81. The van der Waals surface area contributed by atoms with Crippen molar-refractivity contribution >= 4 is 22.5 Å². The van der Waals surface area contributed by atoms with Crippen molar-refractivity contribution in [1.82, 2.24) is 10.1 Å². The first kappa shape index (κ1) is 16.7. The molecule has 1 aliphatic rings. The van der Waals surface area contributed by atoms with E-state index in [0.29, 0.717) is 31.1 Å². The van der Waals surface area contributed by atoms with Crippen molar-refractivity contribution in [1.29, 1.82) is 0 Å². The number of nitrogens with one attached hydrogen (secondary N) is 2. The summed E-state index contributed by atoms with van der Waals surface area (Å²) in [6.07, 6.45) is 5.54. The number of carbonyl (C=O) groups is 1. The summed E-state index contributed by atoms with van der Waals surface area (Å²) in [5, 5.41) is 8.02. The van der Waals surface area contributed by atoms with Crippen LogP contribution in [-0.2, 0) is 24.1 Å². The Balaban J connectivity index is 1.40. The summed E-state index contributed by atoms with van der Waals surface area (Å²) in [5.41, 5.74) is 4.75. The van der Waals surface area contributed by atoms with E-state index in [-0.39, 0.29) is 5.91 Å². The molecule has 0 bridgehead atoms. The van der Waals surface area contributed by atoms with Gasteiger partial charge in [-0.05, 0) is 61.5 Å². The van der Waals surface area contributed by atoms with Crippen LogP contribution >= 0.6 is 0 Å². The smallest absolute Gasteiger partial charge is 0.254 e. The van der Waals surface area contributed by atoms with Crippen LogP contribution in [0, 0.1) is 0 Å². The number of H-pyrrole nitrogens is 1. The number of hydrogen-bond donors (Lipinski definition) is 2. The largest absolute Gasteiger partial charge is 0.476 e. The second-order valence-corrected chi connectivity index (χ2v) is 6.66. The normalized spacial score (nSPS) is 13.6. The molecule has 2 heterocycles. The molecule has 0 unspecified atom stereocenters. The van der Waals surface area contributed by atoms with Crippen molar-refractivity contribution in [3.8, 4) is 5.88 Å². The molecule has 6 heteroatoms. The van der Waals surface area contributed by atoms with Gasteiger partial charge in [0.1, 0.15) is 5.76 Å². The number of aryl methyl sites for hydroxylation is 3. The number of nitrogens with zero attached hydrogens (tertiary/aromatic N) is 1. The van der Waals surface area contributed by atoms with E-state index in [1.54, 1.807) is 6.07 Å². The van der Waals surface area contributed by atoms with Crippen LogP contribution in [0.3, 0.4) is 0 Å². The summed E-state index contributed by atoms with van der Waals surface area (Å²) in [6, 6.07) is 7.81. The summed E-state index contributed by atoms with van der Waals surface area (Å²) in [4.78, 5) is 15.8. The van der Waals surface area contributed by atoms with Gasteiger partial charge in [-0.2, -0.15) is 0 Å². The fourth-order valence-electron chi connectivity index (χ4n) is 3.57. The second-order valence-electron chi connectivity index (χ2n) is 6.66. The molecule has 0 saturated carbocycles. The Labute approximate surface area is 151 Å². The molecule has 0 aliphatic heterocycles. The van der Waals surface area contributed by atoms with Gasteiger partial charge in [-0.15, -0.1) is 0 Å². The molecule has 136 valence electrons.